The fraction of sp³-hybridized carbons (Fsp3) is 1.00. The zero-order valence-electron chi connectivity index (χ0n) is 11.5. The van der Waals surface area contributed by atoms with Crippen molar-refractivity contribution in [2.24, 2.45) is 0 Å². The van der Waals surface area contributed by atoms with Crippen LogP contribution in [0.25, 0.3) is 0 Å². The number of rotatable bonds is 6. The highest BCUT2D eigenvalue weighted by Gasteiger charge is 2.24. The molecule has 0 amide bonds. The van der Waals surface area contributed by atoms with Gasteiger partial charge in [0.1, 0.15) is 0 Å². The van der Waals surface area contributed by atoms with Crippen LogP contribution in [0.15, 0.2) is 0 Å². The lowest BCUT2D eigenvalue weighted by Gasteiger charge is -2.42. The van der Waals surface area contributed by atoms with Gasteiger partial charge in [-0.1, -0.05) is 13.8 Å². The van der Waals surface area contributed by atoms with Gasteiger partial charge in [-0.3, -0.25) is 9.80 Å². The standard InChI is InChI=1S/C13H29N3/c1-5-14-8-7-12(3)16-10-9-15(6-2)13(4)11-16/h12-14H,5-11H2,1-4H3. The summed E-state index contributed by atoms with van der Waals surface area (Å²) >= 11 is 0. The van der Waals surface area contributed by atoms with E-state index in [1.54, 1.807) is 0 Å². The molecule has 2 atom stereocenters. The van der Waals surface area contributed by atoms with Crippen LogP contribution in [-0.2, 0) is 0 Å². The van der Waals surface area contributed by atoms with Gasteiger partial charge in [0.2, 0.25) is 0 Å². The van der Waals surface area contributed by atoms with Crippen LogP contribution in [0.1, 0.15) is 34.1 Å². The van der Waals surface area contributed by atoms with Gasteiger partial charge in [-0.05, 0) is 39.9 Å². The van der Waals surface area contributed by atoms with Crippen LogP contribution in [0.3, 0.4) is 0 Å². The van der Waals surface area contributed by atoms with Crippen molar-refractivity contribution in [3.63, 3.8) is 0 Å². The molecule has 3 nitrogen and oxygen atoms in total. The molecule has 1 aliphatic rings. The minimum Gasteiger partial charge on any atom is -0.317 e. The Bertz CT molecular complexity index is 184. The van der Waals surface area contributed by atoms with Crippen molar-refractivity contribution in [1.29, 1.82) is 0 Å². The van der Waals surface area contributed by atoms with Crippen LogP contribution in [0, 0.1) is 0 Å². The molecule has 2 unspecified atom stereocenters. The maximum absolute atomic E-state index is 3.41. The van der Waals surface area contributed by atoms with Gasteiger partial charge in [0.25, 0.3) is 0 Å². The summed E-state index contributed by atoms with van der Waals surface area (Å²) in [4.78, 5) is 5.22. The predicted octanol–water partition coefficient (Wildman–Crippen LogP) is 1.40. The van der Waals surface area contributed by atoms with Gasteiger partial charge in [-0.2, -0.15) is 0 Å². The van der Waals surface area contributed by atoms with E-state index in [0.29, 0.717) is 0 Å². The molecule has 1 fully saturated rings. The van der Waals surface area contributed by atoms with Crippen molar-refractivity contribution >= 4 is 0 Å². The number of hydrogen-bond donors (Lipinski definition) is 1. The summed E-state index contributed by atoms with van der Waals surface area (Å²) < 4.78 is 0. The van der Waals surface area contributed by atoms with Gasteiger partial charge >= 0.3 is 0 Å². The van der Waals surface area contributed by atoms with E-state index < -0.39 is 0 Å². The maximum atomic E-state index is 3.41. The molecule has 16 heavy (non-hydrogen) atoms. The van der Waals surface area contributed by atoms with Gasteiger partial charge in [0.05, 0.1) is 0 Å². The molecular weight excluding hydrogens is 198 g/mol. The lowest BCUT2D eigenvalue weighted by atomic mass is 10.1. The van der Waals surface area contributed by atoms with E-state index in [1.165, 1.54) is 32.6 Å². The fourth-order valence-electron chi connectivity index (χ4n) is 2.56. The Balaban J connectivity index is 2.27. The number of piperazine rings is 1. The first kappa shape index (κ1) is 13.9. The Labute approximate surface area is 101 Å². The van der Waals surface area contributed by atoms with Crippen molar-refractivity contribution in [3.8, 4) is 0 Å². The zero-order valence-corrected chi connectivity index (χ0v) is 11.5. The third-order valence-corrected chi connectivity index (χ3v) is 3.81. The van der Waals surface area contributed by atoms with E-state index in [0.717, 1.165) is 25.2 Å². The molecule has 1 N–H and O–H groups in total. The Hall–Kier alpha value is -0.120. The Kier molecular flexibility index (Phi) is 6.32. The molecule has 1 rings (SSSR count). The van der Waals surface area contributed by atoms with Gasteiger partial charge < -0.3 is 5.32 Å². The van der Waals surface area contributed by atoms with Crippen molar-refractivity contribution in [1.82, 2.24) is 15.1 Å². The average Bonchev–Trinajstić information content (AvgIpc) is 2.29. The largest absolute Gasteiger partial charge is 0.317 e. The molecule has 0 aromatic rings. The minimum absolute atomic E-state index is 0.723. The fourth-order valence-corrected chi connectivity index (χ4v) is 2.56. The molecule has 0 radical (unpaired) electrons. The van der Waals surface area contributed by atoms with Crippen LogP contribution in [0.5, 0.6) is 0 Å². The molecule has 3 heteroatoms. The highest BCUT2D eigenvalue weighted by Crippen LogP contribution is 2.13. The molecule has 0 spiro atoms. The monoisotopic (exact) mass is 227 g/mol. The zero-order chi connectivity index (χ0) is 12.0. The van der Waals surface area contributed by atoms with Crippen molar-refractivity contribution in [2.45, 2.75) is 46.2 Å². The van der Waals surface area contributed by atoms with Gasteiger partial charge in [0.15, 0.2) is 0 Å². The minimum atomic E-state index is 0.723. The molecule has 96 valence electrons. The summed E-state index contributed by atoms with van der Waals surface area (Å²) in [5.41, 5.74) is 0. The number of likely N-dealkylation sites (N-methyl/N-ethyl adjacent to an activating group) is 1. The highest BCUT2D eigenvalue weighted by molar-refractivity contribution is 4.81. The lowest BCUT2D eigenvalue weighted by molar-refractivity contribution is 0.0614. The Morgan fingerprint density at radius 1 is 1.31 bits per heavy atom. The first-order chi connectivity index (χ1) is 7.69. The van der Waals surface area contributed by atoms with Gasteiger partial charge in [-0.25, -0.2) is 0 Å². The summed E-state index contributed by atoms with van der Waals surface area (Å²) in [6, 6.07) is 1.45. The van der Waals surface area contributed by atoms with Gasteiger partial charge in [-0.15, -0.1) is 0 Å². The first-order valence-electron chi connectivity index (χ1n) is 6.87. The molecule has 0 aliphatic carbocycles. The van der Waals surface area contributed by atoms with Crippen molar-refractivity contribution < 1.29 is 0 Å². The number of nitrogens with zero attached hydrogens (tertiary/aromatic N) is 2. The van der Waals surface area contributed by atoms with Crippen LogP contribution >= 0.6 is 0 Å². The number of nitrogens with one attached hydrogen (secondary N) is 1. The Morgan fingerprint density at radius 2 is 2.06 bits per heavy atom. The SMILES string of the molecule is CCNCCC(C)N1CCN(CC)C(C)C1. The predicted molar refractivity (Wildman–Crippen MR) is 70.9 cm³/mol. The van der Waals surface area contributed by atoms with E-state index in [9.17, 15) is 0 Å². The molecule has 0 aromatic carbocycles. The average molecular weight is 227 g/mol. The Morgan fingerprint density at radius 3 is 2.62 bits per heavy atom. The summed E-state index contributed by atoms with van der Waals surface area (Å²) in [7, 11) is 0. The molecule has 0 aromatic heterocycles. The quantitative estimate of drug-likeness (QED) is 0.692. The van der Waals surface area contributed by atoms with E-state index in [2.05, 4.69) is 42.8 Å². The second kappa shape index (κ2) is 7.25. The van der Waals surface area contributed by atoms with Crippen molar-refractivity contribution in [3.05, 3.63) is 0 Å². The summed E-state index contributed by atoms with van der Waals surface area (Å²) in [5.74, 6) is 0. The summed E-state index contributed by atoms with van der Waals surface area (Å²) in [6.07, 6.45) is 1.27. The topological polar surface area (TPSA) is 18.5 Å². The highest BCUT2D eigenvalue weighted by atomic mass is 15.3. The molecule has 1 saturated heterocycles. The summed E-state index contributed by atoms with van der Waals surface area (Å²) in [6.45, 7) is 16.3. The van der Waals surface area contributed by atoms with E-state index in [4.69, 9.17) is 0 Å². The summed E-state index contributed by atoms with van der Waals surface area (Å²) in [5, 5.41) is 3.41. The van der Waals surface area contributed by atoms with E-state index in [1.807, 2.05) is 0 Å². The van der Waals surface area contributed by atoms with E-state index in [-0.39, 0.29) is 0 Å². The lowest BCUT2D eigenvalue weighted by Crippen LogP contribution is -2.54. The van der Waals surface area contributed by atoms with Crippen molar-refractivity contribution in [2.75, 3.05) is 39.3 Å². The third kappa shape index (κ3) is 4.04. The smallest absolute Gasteiger partial charge is 0.0195 e. The molecule has 1 aliphatic heterocycles. The normalized spacial score (nSPS) is 25.9. The van der Waals surface area contributed by atoms with Crippen LogP contribution in [-0.4, -0.2) is 61.2 Å². The second-order valence-corrected chi connectivity index (χ2v) is 4.96. The first-order valence-corrected chi connectivity index (χ1v) is 6.87. The third-order valence-electron chi connectivity index (χ3n) is 3.81. The second-order valence-electron chi connectivity index (χ2n) is 4.96. The van der Waals surface area contributed by atoms with Gasteiger partial charge in [0, 0.05) is 31.7 Å². The number of hydrogen-bond acceptors (Lipinski definition) is 3. The molecular formula is C13H29N3. The molecule has 0 saturated carbocycles. The van der Waals surface area contributed by atoms with E-state index >= 15 is 0 Å². The molecule has 0 bridgehead atoms. The van der Waals surface area contributed by atoms with Crippen LogP contribution < -0.4 is 5.32 Å². The maximum Gasteiger partial charge on any atom is 0.0195 e. The molecule has 1 heterocycles. The van der Waals surface area contributed by atoms with Crippen LogP contribution in [0.4, 0.5) is 0 Å². The van der Waals surface area contributed by atoms with Crippen LogP contribution in [0.2, 0.25) is 0 Å².